The van der Waals surface area contributed by atoms with Crippen molar-refractivity contribution in [3.63, 3.8) is 0 Å². The zero-order chi connectivity index (χ0) is 53.0. The molecule has 5 amide bonds. The summed E-state index contributed by atoms with van der Waals surface area (Å²) in [5, 5.41) is 40.8. The van der Waals surface area contributed by atoms with Crippen LogP contribution < -0.4 is 52.7 Å². The van der Waals surface area contributed by atoms with E-state index in [1.54, 1.807) is 38.1 Å². The summed E-state index contributed by atoms with van der Waals surface area (Å²) in [5.41, 5.74) is 21.3. The number of ether oxygens (including phenoxy) is 3. The van der Waals surface area contributed by atoms with Gasteiger partial charge in [0.2, 0.25) is 23.6 Å². The maximum absolute atomic E-state index is 14.9. The molecule has 4 aromatic rings. The average molecular weight is 994 g/mol. The molecule has 72 heavy (non-hydrogen) atoms. The van der Waals surface area contributed by atoms with Gasteiger partial charge in [0.25, 0.3) is 5.91 Å². The van der Waals surface area contributed by atoms with Gasteiger partial charge < -0.3 is 67.8 Å². The number of nitriles is 1. The summed E-state index contributed by atoms with van der Waals surface area (Å²) < 4.78 is 18.2. The Labute approximate surface area is 419 Å². The predicted octanol–water partition coefficient (Wildman–Crippen LogP) is 0.963. The molecule has 0 fully saturated rings. The number of aliphatic hydroxyl groups excluding tert-OH is 2. The number of nitrogens with one attached hydrogen (secondary N) is 4. The Morgan fingerprint density at radius 2 is 1.53 bits per heavy atom. The molecule has 21 heteroatoms. The second kappa shape index (κ2) is 24.8. The van der Waals surface area contributed by atoms with Crippen LogP contribution in [0.1, 0.15) is 78.6 Å². The third kappa shape index (κ3) is 13.6. The maximum Gasteiger partial charge on any atom is 0.255 e. The number of aryl methyl sites for hydroxylation is 2. The molecule has 21 nitrogen and oxygen atoms in total. The van der Waals surface area contributed by atoms with E-state index in [1.165, 1.54) is 27.1 Å². The Hall–Kier alpha value is -7.22. The number of methoxy groups -OCH3 is 1. The van der Waals surface area contributed by atoms with Crippen LogP contribution in [0.3, 0.4) is 0 Å². The van der Waals surface area contributed by atoms with Gasteiger partial charge in [0, 0.05) is 43.2 Å². The summed E-state index contributed by atoms with van der Waals surface area (Å²) in [6.45, 7) is 9.77. The minimum Gasteiger partial charge on any atom is -0.492 e. The first-order chi connectivity index (χ1) is 34.1. The summed E-state index contributed by atoms with van der Waals surface area (Å²) in [5.74, 6) is -3.08. The number of carbonyl (C=O) groups is 5. The number of hydrogen-bond donors (Lipinski definition) is 9. The molecule has 2 heterocycles. The quantitative estimate of drug-likeness (QED) is 0.0627. The van der Waals surface area contributed by atoms with Gasteiger partial charge in [-0.25, -0.2) is 9.97 Å². The predicted molar refractivity (Wildman–Crippen MR) is 267 cm³/mol. The standard InChI is InChI=1S/C51H67N11O10/c1-27-42(28(2)58-45(57-27)31-10-12-33(13-11-31)51(4,5)6)48(67)60-38(15-16-52)50(69)62(7)43-32-21-37(44(70-8)41(22-32)72-26-35(64)24-55)36-19-30(9-14-40(36)71-25-34(63)23-54)20-39(47(66)56-18-17-53)61-46(65)29(3)59-49(43)68/h9-14,19,21-22,29,34-35,38-39,43,63-64H,15-16,18,20,23-26,52,54-55H2,1-8H3,(H,56,66)(H,59,68)(H,60,67)(H,61,65). The van der Waals surface area contributed by atoms with Crippen molar-refractivity contribution < 1.29 is 48.4 Å². The molecule has 6 unspecified atom stereocenters. The molecule has 0 aliphatic carbocycles. The second-order valence-electron chi connectivity index (χ2n) is 18.6. The van der Waals surface area contributed by atoms with Gasteiger partial charge >= 0.3 is 0 Å². The van der Waals surface area contributed by atoms with E-state index >= 15 is 0 Å². The van der Waals surface area contributed by atoms with Gasteiger partial charge in [-0.3, -0.25) is 24.0 Å². The topological polar surface area (TPSA) is 332 Å². The smallest absolute Gasteiger partial charge is 0.255 e. The molecular weight excluding hydrogens is 927 g/mol. The highest BCUT2D eigenvalue weighted by molar-refractivity contribution is 6.00. The van der Waals surface area contributed by atoms with Crippen molar-refractivity contribution >= 4 is 29.5 Å². The van der Waals surface area contributed by atoms with E-state index in [-0.39, 0.29) is 97.2 Å². The maximum atomic E-state index is 14.9. The molecule has 12 N–H and O–H groups in total. The summed E-state index contributed by atoms with van der Waals surface area (Å²) in [7, 11) is 2.71. The van der Waals surface area contributed by atoms with Crippen LogP contribution in [0.25, 0.3) is 22.5 Å². The first kappa shape index (κ1) is 55.7. The van der Waals surface area contributed by atoms with Crippen LogP contribution >= 0.6 is 0 Å². The van der Waals surface area contributed by atoms with Gasteiger partial charge in [0.1, 0.15) is 61.9 Å². The fourth-order valence-electron chi connectivity index (χ4n) is 8.07. The largest absolute Gasteiger partial charge is 0.492 e. The molecule has 3 aromatic carbocycles. The number of hydrogen-bond acceptors (Lipinski definition) is 16. The molecule has 1 aliphatic rings. The average Bonchev–Trinajstić information content (AvgIpc) is 3.34. The third-order valence-corrected chi connectivity index (χ3v) is 12.1. The normalized spacial score (nSPS) is 17.1. The van der Waals surface area contributed by atoms with Gasteiger partial charge in [-0.15, -0.1) is 0 Å². The molecular formula is C51H67N11O10. The third-order valence-electron chi connectivity index (χ3n) is 12.1. The minimum atomic E-state index is -1.60. The van der Waals surface area contributed by atoms with Crippen LogP contribution in [0.15, 0.2) is 54.6 Å². The van der Waals surface area contributed by atoms with E-state index in [2.05, 4.69) is 52.0 Å². The highest BCUT2D eigenvalue weighted by Gasteiger charge is 2.37. The molecule has 6 atom stereocenters. The van der Waals surface area contributed by atoms with Gasteiger partial charge in [-0.1, -0.05) is 51.1 Å². The van der Waals surface area contributed by atoms with E-state index in [1.807, 2.05) is 30.3 Å². The minimum absolute atomic E-state index is 0.00695. The summed E-state index contributed by atoms with van der Waals surface area (Å²) >= 11 is 0. The number of rotatable bonds is 18. The monoisotopic (exact) mass is 994 g/mol. The lowest BCUT2D eigenvalue weighted by Crippen LogP contribution is -2.56. The Bertz CT molecular complexity index is 2630. The van der Waals surface area contributed by atoms with Crippen LogP contribution in [0, 0.1) is 25.2 Å². The number of likely N-dealkylation sites (N-methyl/N-ethyl adjacent to an activating group) is 1. The van der Waals surface area contributed by atoms with Crippen LogP contribution in [-0.2, 0) is 31.0 Å². The van der Waals surface area contributed by atoms with Crippen molar-refractivity contribution in [2.24, 2.45) is 17.2 Å². The molecule has 0 spiro atoms. The van der Waals surface area contributed by atoms with E-state index < -0.39 is 65.9 Å². The van der Waals surface area contributed by atoms with Crippen LogP contribution in [0.2, 0.25) is 0 Å². The highest BCUT2D eigenvalue weighted by atomic mass is 16.5. The van der Waals surface area contributed by atoms with E-state index in [0.29, 0.717) is 22.8 Å². The number of aliphatic hydroxyl groups is 2. The fraction of sp³-hybridized carbons (Fsp3) is 0.451. The SMILES string of the molecule is COc1c(OCC(O)CN)cc2cc1-c1cc(ccc1OCC(O)CN)CC(C(=O)NCC#N)NC(=O)C(C)NC(=O)C2N(C)C(=O)C(CCN)NC(=O)c1c(C)nc(-c2ccc(C(C)(C)C)cc2)nc1C. The van der Waals surface area contributed by atoms with Crippen molar-refractivity contribution in [2.75, 3.05) is 53.6 Å². The molecule has 1 aromatic heterocycles. The van der Waals surface area contributed by atoms with Crippen LogP contribution in [0.4, 0.5) is 0 Å². The number of aromatic nitrogens is 2. The van der Waals surface area contributed by atoms with Crippen molar-refractivity contribution in [2.45, 2.75) is 96.2 Å². The lowest BCUT2D eigenvalue weighted by molar-refractivity contribution is -0.141. The molecule has 1 aliphatic heterocycles. The fourth-order valence-corrected chi connectivity index (χ4v) is 8.07. The van der Waals surface area contributed by atoms with Gasteiger partial charge in [-0.2, -0.15) is 5.26 Å². The number of nitrogens with two attached hydrogens (primary N) is 3. The number of fused-ring (bicyclic) bond motifs is 5. The van der Waals surface area contributed by atoms with Crippen molar-refractivity contribution in [1.82, 2.24) is 36.1 Å². The van der Waals surface area contributed by atoms with Crippen molar-refractivity contribution in [1.29, 1.82) is 5.26 Å². The molecule has 386 valence electrons. The Morgan fingerprint density at radius 3 is 2.10 bits per heavy atom. The zero-order valence-electron chi connectivity index (χ0n) is 42.0. The number of benzene rings is 3. The Kier molecular flexibility index (Phi) is 19.1. The van der Waals surface area contributed by atoms with Crippen LogP contribution in [-0.4, -0.2) is 139 Å². The van der Waals surface area contributed by atoms with E-state index in [0.717, 1.165) is 16.0 Å². The van der Waals surface area contributed by atoms with Crippen LogP contribution in [0.5, 0.6) is 17.2 Å². The first-order valence-electron chi connectivity index (χ1n) is 23.5. The summed E-state index contributed by atoms with van der Waals surface area (Å²) in [6.07, 6.45) is -2.39. The van der Waals surface area contributed by atoms with E-state index in [9.17, 15) is 39.4 Å². The van der Waals surface area contributed by atoms with Crippen molar-refractivity contribution in [3.05, 3.63) is 88.2 Å². The first-order valence-corrected chi connectivity index (χ1v) is 23.5. The summed E-state index contributed by atoms with van der Waals surface area (Å²) in [4.78, 5) is 81.9. The highest BCUT2D eigenvalue weighted by Crippen LogP contribution is 2.45. The van der Waals surface area contributed by atoms with Gasteiger partial charge in [-0.05, 0) is 80.1 Å². The summed E-state index contributed by atoms with van der Waals surface area (Å²) in [6, 6.07) is 12.1. The van der Waals surface area contributed by atoms with E-state index in [4.69, 9.17) is 31.4 Å². The zero-order valence-corrected chi connectivity index (χ0v) is 42.0. The lowest BCUT2D eigenvalue weighted by Gasteiger charge is -2.33. The van der Waals surface area contributed by atoms with Gasteiger partial charge in [0.15, 0.2) is 17.3 Å². The molecule has 4 bridgehead atoms. The Morgan fingerprint density at radius 1 is 0.903 bits per heavy atom. The van der Waals surface area contributed by atoms with Crippen molar-refractivity contribution in [3.8, 4) is 45.8 Å². The molecule has 0 saturated heterocycles. The van der Waals surface area contributed by atoms with Gasteiger partial charge in [0.05, 0.1) is 30.1 Å². The molecule has 0 saturated carbocycles. The number of carbonyl (C=O) groups excluding carboxylic acids is 5. The molecule has 5 rings (SSSR count). The Balaban J connectivity index is 1.66. The molecule has 0 radical (unpaired) electrons. The lowest BCUT2D eigenvalue weighted by atomic mass is 9.86. The number of amides is 5. The number of nitrogens with zero attached hydrogens (tertiary/aromatic N) is 4. The second-order valence-corrected chi connectivity index (χ2v) is 18.6.